The Kier molecular flexibility index (Phi) is 5.22. The molecule has 10 heteroatoms. The Labute approximate surface area is 222 Å². The zero-order chi connectivity index (χ0) is 27.1. The number of nitrogens with zero attached hydrogens (tertiary/aromatic N) is 4. The van der Waals surface area contributed by atoms with Gasteiger partial charge in [0.05, 0.1) is 54.6 Å². The van der Waals surface area contributed by atoms with Crippen LogP contribution in [0, 0.1) is 5.41 Å². The molecule has 6 rings (SSSR count). The molecule has 0 radical (unpaired) electrons. The van der Waals surface area contributed by atoms with Crippen molar-refractivity contribution >= 4 is 12.1 Å². The molecule has 0 atom stereocenters. The van der Waals surface area contributed by atoms with Crippen LogP contribution in [0.2, 0.25) is 0 Å². The van der Waals surface area contributed by atoms with Gasteiger partial charge in [-0.2, -0.15) is 0 Å². The highest BCUT2D eigenvalue weighted by atomic mass is 16.5. The number of ether oxygens (including phenoxy) is 4. The Morgan fingerprint density at radius 3 is 1.24 bits per heavy atom. The van der Waals surface area contributed by atoms with Gasteiger partial charge in [-0.05, 0) is 31.2 Å². The summed E-state index contributed by atoms with van der Waals surface area (Å²) in [4.78, 5) is 36.4. The molecular formula is C28H34N4O6. The minimum Gasteiger partial charge on any atom is -0.496 e. The third kappa shape index (κ3) is 2.83. The average Bonchev–Trinajstić information content (AvgIpc) is 3.19. The normalized spacial score (nSPS) is 20.8. The van der Waals surface area contributed by atoms with E-state index in [1.165, 1.54) is 0 Å². The van der Waals surface area contributed by atoms with Crippen LogP contribution in [0.5, 0.6) is 23.0 Å². The monoisotopic (exact) mass is 522 g/mol. The Hall–Kier alpha value is -3.82. The van der Waals surface area contributed by atoms with E-state index in [4.69, 9.17) is 18.9 Å². The van der Waals surface area contributed by atoms with Crippen LogP contribution in [0.15, 0.2) is 24.3 Å². The zero-order valence-electron chi connectivity index (χ0n) is 23.0. The summed E-state index contributed by atoms with van der Waals surface area (Å²) in [5, 5.41) is 0. The summed E-state index contributed by atoms with van der Waals surface area (Å²) in [5.41, 5.74) is 1.95. The average molecular weight is 523 g/mol. The third-order valence-electron chi connectivity index (χ3n) is 9.32. The van der Waals surface area contributed by atoms with Crippen LogP contribution in [0.1, 0.15) is 43.0 Å². The standard InChI is InChI=1S/C28H34N4O6/c1-27(2)24-29-12-16-17(21(36-5)9-8-20(16)35-4)13-30(24)26(34)32-15-19-18(14-31(25(29)33)28(27,32)3)22(37-6)10-11-23(19)38-7/h8-11,24H,12-15H2,1-7H3. The molecule has 4 aliphatic heterocycles. The molecule has 0 aliphatic carbocycles. The smallest absolute Gasteiger partial charge is 0.324 e. The first-order valence-corrected chi connectivity index (χ1v) is 12.8. The zero-order valence-corrected chi connectivity index (χ0v) is 23.0. The Morgan fingerprint density at radius 2 is 0.921 bits per heavy atom. The molecule has 0 N–H and O–H groups in total. The Balaban J connectivity index is 1.62. The van der Waals surface area contributed by atoms with Gasteiger partial charge >= 0.3 is 12.1 Å². The lowest BCUT2D eigenvalue weighted by molar-refractivity contribution is -0.208. The minimum absolute atomic E-state index is 0.144. The van der Waals surface area contributed by atoms with Gasteiger partial charge in [-0.1, -0.05) is 13.8 Å². The number of rotatable bonds is 4. The van der Waals surface area contributed by atoms with Crippen molar-refractivity contribution < 1.29 is 28.5 Å². The quantitative estimate of drug-likeness (QED) is 0.604. The molecule has 2 saturated heterocycles. The van der Waals surface area contributed by atoms with E-state index in [0.29, 0.717) is 36.1 Å². The van der Waals surface area contributed by atoms with E-state index in [2.05, 4.69) is 13.8 Å². The van der Waals surface area contributed by atoms with E-state index < -0.39 is 17.2 Å². The minimum atomic E-state index is -0.904. The summed E-state index contributed by atoms with van der Waals surface area (Å²) < 4.78 is 22.9. The topological polar surface area (TPSA) is 84.0 Å². The molecule has 4 aliphatic rings. The highest BCUT2D eigenvalue weighted by Gasteiger charge is 2.69. The van der Waals surface area contributed by atoms with Crippen LogP contribution in [0.25, 0.3) is 0 Å². The number of hydrogen-bond donors (Lipinski definition) is 0. The lowest BCUT2D eigenvalue weighted by atomic mass is 9.70. The molecule has 0 spiro atoms. The van der Waals surface area contributed by atoms with Crippen molar-refractivity contribution in [2.45, 2.75) is 58.8 Å². The molecule has 10 nitrogen and oxygen atoms in total. The number of carbonyl (C=O) groups is 2. The van der Waals surface area contributed by atoms with Crippen molar-refractivity contribution in [2.24, 2.45) is 5.41 Å². The van der Waals surface area contributed by atoms with Crippen molar-refractivity contribution in [1.82, 2.24) is 19.6 Å². The van der Waals surface area contributed by atoms with Crippen molar-refractivity contribution in [3.05, 3.63) is 46.5 Å². The van der Waals surface area contributed by atoms with Crippen molar-refractivity contribution in [1.29, 1.82) is 0 Å². The highest BCUT2D eigenvalue weighted by Crippen LogP contribution is 2.57. The molecule has 0 aromatic heterocycles. The molecule has 2 fully saturated rings. The molecule has 4 heterocycles. The van der Waals surface area contributed by atoms with E-state index in [-0.39, 0.29) is 25.2 Å². The maximum absolute atomic E-state index is 14.5. The molecule has 202 valence electrons. The summed E-state index contributed by atoms with van der Waals surface area (Å²) in [6, 6.07) is 7.14. The maximum Gasteiger partial charge on any atom is 0.324 e. The molecule has 0 saturated carbocycles. The molecule has 38 heavy (non-hydrogen) atoms. The van der Waals surface area contributed by atoms with Crippen LogP contribution < -0.4 is 18.9 Å². The SMILES string of the molecule is COc1ccc(OC)c2c1CN1C(=O)N3Cc4c(OC)ccc(OC)c4CN4C(=O)N(C2)C1C(C)(C)C34C. The number of amides is 4. The van der Waals surface area contributed by atoms with Crippen molar-refractivity contribution in [3.63, 3.8) is 0 Å². The maximum atomic E-state index is 14.5. The van der Waals surface area contributed by atoms with Crippen LogP contribution in [-0.4, -0.2) is 71.9 Å². The van der Waals surface area contributed by atoms with Crippen LogP contribution in [0.3, 0.4) is 0 Å². The van der Waals surface area contributed by atoms with Gasteiger partial charge < -0.3 is 18.9 Å². The molecule has 0 unspecified atom stereocenters. The summed E-state index contributed by atoms with van der Waals surface area (Å²) in [6.07, 6.45) is -0.466. The lowest BCUT2D eigenvalue weighted by Crippen LogP contribution is -2.84. The molecule has 2 aromatic carbocycles. The molecular weight excluding hydrogens is 488 g/mol. The van der Waals surface area contributed by atoms with Gasteiger partial charge in [0, 0.05) is 27.7 Å². The lowest BCUT2D eigenvalue weighted by Gasteiger charge is -2.68. The third-order valence-corrected chi connectivity index (χ3v) is 9.32. The van der Waals surface area contributed by atoms with E-state index in [1.807, 2.05) is 50.8 Å². The number of urea groups is 2. The second-order valence-electron chi connectivity index (χ2n) is 11.0. The molecule has 2 aromatic rings. The number of hydrogen-bond acceptors (Lipinski definition) is 6. The van der Waals surface area contributed by atoms with Crippen LogP contribution >= 0.6 is 0 Å². The Bertz CT molecular complexity index is 1270. The fourth-order valence-electron chi connectivity index (χ4n) is 7.09. The fourth-order valence-corrected chi connectivity index (χ4v) is 7.09. The second kappa shape index (κ2) is 8.09. The predicted octanol–water partition coefficient (Wildman–Crippen LogP) is 3.99. The van der Waals surface area contributed by atoms with Crippen LogP contribution in [0.4, 0.5) is 9.59 Å². The number of carbonyl (C=O) groups excluding carboxylic acids is 2. The first kappa shape index (κ1) is 24.5. The van der Waals surface area contributed by atoms with Gasteiger partial charge in [0.25, 0.3) is 0 Å². The summed E-state index contributed by atoms with van der Waals surface area (Å²) >= 11 is 0. The first-order chi connectivity index (χ1) is 18.1. The molecule has 4 amide bonds. The van der Waals surface area contributed by atoms with Crippen LogP contribution in [-0.2, 0) is 26.2 Å². The molecule has 2 bridgehead atoms. The van der Waals surface area contributed by atoms with E-state index in [1.54, 1.807) is 28.4 Å². The predicted molar refractivity (Wildman–Crippen MR) is 138 cm³/mol. The van der Waals surface area contributed by atoms with Gasteiger partial charge in [-0.3, -0.25) is 19.6 Å². The van der Waals surface area contributed by atoms with Gasteiger partial charge in [-0.25, -0.2) is 9.59 Å². The summed E-state index contributed by atoms with van der Waals surface area (Å²) in [5.74, 6) is 2.66. The summed E-state index contributed by atoms with van der Waals surface area (Å²) in [7, 11) is 6.48. The second-order valence-corrected chi connectivity index (χ2v) is 11.0. The van der Waals surface area contributed by atoms with E-state index >= 15 is 0 Å². The largest absolute Gasteiger partial charge is 0.496 e. The van der Waals surface area contributed by atoms with Gasteiger partial charge in [0.2, 0.25) is 0 Å². The number of benzene rings is 2. The van der Waals surface area contributed by atoms with Gasteiger partial charge in [0.1, 0.15) is 34.8 Å². The fraction of sp³-hybridized carbons (Fsp3) is 0.500. The van der Waals surface area contributed by atoms with E-state index in [0.717, 1.165) is 22.3 Å². The van der Waals surface area contributed by atoms with E-state index in [9.17, 15) is 9.59 Å². The summed E-state index contributed by atoms with van der Waals surface area (Å²) in [6.45, 7) is 7.45. The van der Waals surface area contributed by atoms with Gasteiger partial charge in [0.15, 0.2) is 0 Å². The van der Waals surface area contributed by atoms with Crippen molar-refractivity contribution in [2.75, 3.05) is 28.4 Å². The van der Waals surface area contributed by atoms with Gasteiger partial charge in [-0.15, -0.1) is 0 Å². The van der Waals surface area contributed by atoms with Crippen molar-refractivity contribution in [3.8, 4) is 23.0 Å². The highest BCUT2D eigenvalue weighted by molar-refractivity contribution is 5.85. The first-order valence-electron chi connectivity index (χ1n) is 12.8. The number of methoxy groups -OCH3 is 4. The number of fused-ring (bicyclic) bond motifs is 2. The Morgan fingerprint density at radius 1 is 0.605 bits per heavy atom.